The SMILES string of the molecule is Cc1ccc(C(F)(F)F)c(NN)c1. The Hall–Kier alpha value is -1.23. The molecule has 0 unspecified atom stereocenters. The van der Waals surface area contributed by atoms with Gasteiger partial charge in [0.1, 0.15) is 0 Å². The monoisotopic (exact) mass is 190 g/mol. The number of hydrogen-bond acceptors (Lipinski definition) is 2. The molecule has 0 spiro atoms. The maximum atomic E-state index is 12.3. The third-order valence-corrected chi connectivity index (χ3v) is 1.64. The number of hydrazine groups is 1. The molecule has 0 aliphatic rings. The standard InChI is InChI=1S/C8H9F3N2/c1-5-2-3-6(8(9,10)11)7(4-5)13-12/h2-4,13H,12H2,1H3. The second kappa shape index (κ2) is 3.26. The Bertz CT molecular complexity index is 307. The van der Waals surface area contributed by atoms with Crippen LogP contribution in [0.4, 0.5) is 18.9 Å². The molecule has 0 bridgehead atoms. The Labute approximate surface area is 73.5 Å². The van der Waals surface area contributed by atoms with Gasteiger partial charge in [0, 0.05) is 0 Å². The van der Waals surface area contributed by atoms with Crippen molar-refractivity contribution in [2.24, 2.45) is 5.84 Å². The minimum Gasteiger partial charge on any atom is -0.324 e. The van der Waals surface area contributed by atoms with Crippen molar-refractivity contribution in [2.45, 2.75) is 13.1 Å². The summed E-state index contributed by atoms with van der Waals surface area (Å²) in [5.74, 6) is 4.97. The minimum atomic E-state index is -4.37. The third kappa shape index (κ3) is 2.12. The molecule has 0 saturated heterocycles. The lowest BCUT2D eigenvalue weighted by molar-refractivity contribution is -0.136. The van der Waals surface area contributed by atoms with Crippen molar-refractivity contribution in [2.75, 3.05) is 5.43 Å². The molecular weight excluding hydrogens is 181 g/mol. The first-order valence-electron chi connectivity index (χ1n) is 3.59. The van der Waals surface area contributed by atoms with Crippen LogP contribution in [-0.2, 0) is 6.18 Å². The Balaban J connectivity index is 3.22. The van der Waals surface area contributed by atoms with Gasteiger partial charge in [-0.15, -0.1) is 0 Å². The molecule has 0 atom stereocenters. The van der Waals surface area contributed by atoms with E-state index >= 15 is 0 Å². The molecule has 13 heavy (non-hydrogen) atoms. The molecule has 5 heteroatoms. The lowest BCUT2D eigenvalue weighted by Gasteiger charge is -2.12. The smallest absolute Gasteiger partial charge is 0.324 e. The molecule has 0 aromatic heterocycles. The van der Waals surface area contributed by atoms with Gasteiger partial charge in [-0.05, 0) is 24.6 Å². The van der Waals surface area contributed by atoms with Gasteiger partial charge in [-0.3, -0.25) is 5.84 Å². The Morgan fingerprint density at radius 2 is 1.92 bits per heavy atom. The Morgan fingerprint density at radius 1 is 1.31 bits per heavy atom. The molecule has 0 radical (unpaired) electrons. The van der Waals surface area contributed by atoms with Crippen LogP contribution in [0.15, 0.2) is 18.2 Å². The van der Waals surface area contributed by atoms with Crippen molar-refractivity contribution in [3.8, 4) is 0 Å². The number of nitrogen functional groups attached to an aromatic ring is 1. The molecule has 0 aliphatic heterocycles. The van der Waals surface area contributed by atoms with Crippen LogP contribution in [0.1, 0.15) is 11.1 Å². The van der Waals surface area contributed by atoms with Crippen molar-refractivity contribution < 1.29 is 13.2 Å². The van der Waals surface area contributed by atoms with Gasteiger partial charge < -0.3 is 5.43 Å². The number of alkyl halides is 3. The highest BCUT2D eigenvalue weighted by Crippen LogP contribution is 2.34. The van der Waals surface area contributed by atoms with E-state index in [4.69, 9.17) is 5.84 Å². The van der Waals surface area contributed by atoms with Crippen molar-refractivity contribution in [3.05, 3.63) is 29.3 Å². The zero-order valence-corrected chi connectivity index (χ0v) is 6.94. The van der Waals surface area contributed by atoms with Gasteiger partial charge in [0.05, 0.1) is 11.3 Å². The fourth-order valence-electron chi connectivity index (χ4n) is 1.02. The van der Waals surface area contributed by atoms with Gasteiger partial charge in [0.25, 0.3) is 0 Å². The largest absolute Gasteiger partial charge is 0.418 e. The fraction of sp³-hybridized carbons (Fsp3) is 0.250. The summed E-state index contributed by atoms with van der Waals surface area (Å²) in [4.78, 5) is 0. The zero-order chi connectivity index (χ0) is 10.1. The van der Waals surface area contributed by atoms with E-state index in [-0.39, 0.29) is 5.69 Å². The summed E-state index contributed by atoms with van der Waals surface area (Å²) in [6.07, 6.45) is -4.37. The number of halogens is 3. The molecule has 0 saturated carbocycles. The van der Waals surface area contributed by atoms with Crippen LogP contribution < -0.4 is 11.3 Å². The number of nitrogens with two attached hydrogens (primary N) is 1. The number of aryl methyl sites for hydroxylation is 1. The average molecular weight is 190 g/mol. The molecular formula is C8H9F3N2. The molecule has 2 nitrogen and oxygen atoms in total. The summed E-state index contributed by atoms with van der Waals surface area (Å²) < 4.78 is 36.8. The van der Waals surface area contributed by atoms with E-state index in [0.717, 1.165) is 11.6 Å². The van der Waals surface area contributed by atoms with E-state index in [0.29, 0.717) is 0 Å². The molecule has 0 aliphatic carbocycles. The fourth-order valence-corrected chi connectivity index (χ4v) is 1.02. The van der Waals surface area contributed by atoms with E-state index < -0.39 is 11.7 Å². The van der Waals surface area contributed by atoms with Crippen LogP contribution in [-0.4, -0.2) is 0 Å². The zero-order valence-electron chi connectivity index (χ0n) is 6.94. The molecule has 0 amide bonds. The van der Waals surface area contributed by atoms with Crippen LogP contribution in [0.5, 0.6) is 0 Å². The number of hydrogen-bond donors (Lipinski definition) is 2. The number of benzene rings is 1. The van der Waals surface area contributed by atoms with Crippen LogP contribution in [0.2, 0.25) is 0 Å². The predicted octanol–water partition coefficient (Wildman–Crippen LogP) is 2.30. The Kier molecular flexibility index (Phi) is 2.47. The first-order chi connectivity index (χ1) is 5.95. The van der Waals surface area contributed by atoms with E-state index in [1.807, 2.05) is 5.43 Å². The van der Waals surface area contributed by atoms with Gasteiger partial charge in [-0.25, -0.2) is 0 Å². The van der Waals surface area contributed by atoms with Crippen molar-refractivity contribution >= 4 is 5.69 Å². The Morgan fingerprint density at radius 3 is 2.38 bits per heavy atom. The second-order valence-electron chi connectivity index (χ2n) is 2.69. The first kappa shape index (κ1) is 9.85. The molecule has 1 aromatic carbocycles. The number of nitrogens with one attached hydrogen (secondary N) is 1. The summed E-state index contributed by atoms with van der Waals surface area (Å²) in [7, 11) is 0. The highest BCUT2D eigenvalue weighted by molar-refractivity contribution is 5.53. The van der Waals surface area contributed by atoms with Gasteiger partial charge in [-0.2, -0.15) is 13.2 Å². The van der Waals surface area contributed by atoms with E-state index in [1.165, 1.54) is 12.1 Å². The molecule has 0 fully saturated rings. The van der Waals surface area contributed by atoms with E-state index in [1.54, 1.807) is 6.92 Å². The van der Waals surface area contributed by atoms with E-state index in [9.17, 15) is 13.2 Å². The molecule has 0 heterocycles. The van der Waals surface area contributed by atoms with Crippen LogP contribution >= 0.6 is 0 Å². The van der Waals surface area contributed by atoms with Gasteiger partial charge in [0.15, 0.2) is 0 Å². The number of rotatable bonds is 1. The van der Waals surface area contributed by atoms with Gasteiger partial charge >= 0.3 is 6.18 Å². The average Bonchev–Trinajstić information content (AvgIpc) is 2.01. The van der Waals surface area contributed by atoms with Crippen LogP contribution in [0.25, 0.3) is 0 Å². The second-order valence-corrected chi connectivity index (χ2v) is 2.69. The third-order valence-electron chi connectivity index (χ3n) is 1.64. The highest BCUT2D eigenvalue weighted by atomic mass is 19.4. The quantitative estimate of drug-likeness (QED) is 0.526. The van der Waals surface area contributed by atoms with Crippen LogP contribution in [0.3, 0.4) is 0 Å². The summed E-state index contributed by atoms with van der Waals surface area (Å²) >= 11 is 0. The first-order valence-corrected chi connectivity index (χ1v) is 3.59. The summed E-state index contributed by atoms with van der Waals surface area (Å²) in [5, 5.41) is 0. The summed E-state index contributed by atoms with van der Waals surface area (Å²) in [6.45, 7) is 1.70. The normalized spacial score (nSPS) is 11.5. The molecule has 1 rings (SSSR count). The minimum absolute atomic E-state index is 0.104. The lowest BCUT2D eigenvalue weighted by atomic mass is 10.1. The maximum Gasteiger partial charge on any atom is 0.418 e. The van der Waals surface area contributed by atoms with Gasteiger partial charge in [0.2, 0.25) is 0 Å². The topological polar surface area (TPSA) is 38.0 Å². The van der Waals surface area contributed by atoms with Crippen molar-refractivity contribution in [1.82, 2.24) is 0 Å². The number of anilines is 1. The molecule has 1 aromatic rings. The molecule has 72 valence electrons. The van der Waals surface area contributed by atoms with E-state index in [2.05, 4.69) is 0 Å². The maximum absolute atomic E-state index is 12.3. The van der Waals surface area contributed by atoms with Crippen molar-refractivity contribution in [1.29, 1.82) is 0 Å². The summed E-state index contributed by atoms with van der Waals surface area (Å²) in [5.41, 5.74) is 1.89. The highest BCUT2D eigenvalue weighted by Gasteiger charge is 2.33. The lowest BCUT2D eigenvalue weighted by Crippen LogP contribution is -2.14. The predicted molar refractivity (Wildman–Crippen MR) is 44.0 cm³/mol. The van der Waals surface area contributed by atoms with Crippen molar-refractivity contribution in [3.63, 3.8) is 0 Å². The van der Waals surface area contributed by atoms with Crippen LogP contribution in [0, 0.1) is 6.92 Å². The summed E-state index contributed by atoms with van der Waals surface area (Å²) in [6, 6.07) is 3.75. The molecule has 3 N–H and O–H groups in total. The van der Waals surface area contributed by atoms with Gasteiger partial charge in [-0.1, -0.05) is 6.07 Å².